The standard InChI is InChI=1S/C19H28F2N6O3/c1-19(2)29-11-16(30-19)18(28)26-5-3-25(4-6-26)17-14(20)7-13(8-15(17)21)27(24)10-12(23)9-22/h7-8,10,16H,3-6,9,11,22-24H2,1-2H3/b12-10-. The Morgan fingerprint density at radius 3 is 2.37 bits per heavy atom. The van der Waals surface area contributed by atoms with Crippen molar-refractivity contribution in [1.82, 2.24) is 4.90 Å². The third-order valence-electron chi connectivity index (χ3n) is 5.03. The molecule has 2 saturated heterocycles. The van der Waals surface area contributed by atoms with Gasteiger partial charge in [0.1, 0.15) is 5.69 Å². The van der Waals surface area contributed by atoms with E-state index in [1.54, 1.807) is 23.6 Å². The van der Waals surface area contributed by atoms with Crippen LogP contribution in [0.15, 0.2) is 24.0 Å². The number of ether oxygens (including phenoxy) is 2. The number of carbonyl (C=O) groups excluding carboxylic acids is 1. The minimum absolute atomic E-state index is 0.0647. The first kappa shape index (κ1) is 22.2. The van der Waals surface area contributed by atoms with Crippen molar-refractivity contribution in [2.45, 2.75) is 25.7 Å². The predicted molar refractivity (Wildman–Crippen MR) is 108 cm³/mol. The Morgan fingerprint density at radius 2 is 1.87 bits per heavy atom. The third-order valence-corrected chi connectivity index (χ3v) is 5.03. The van der Waals surface area contributed by atoms with Crippen molar-refractivity contribution in [1.29, 1.82) is 0 Å². The molecule has 6 N–H and O–H groups in total. The maximum Gasteiger partial charge on any atom is 0.254 e. The summed E-state index contributed by atoms with van der Waals surface area (Å²) in [5.41, 5.74) is 11.2. The summed E-state index contributed by atoms with van der Waals surface area (Å²) in [4.78, 5) is 15.8. The van der Waals surface area contributed by atoms with Crippen LogP contribution in [0.4, 0.5) is 20.2 Å². The average Bonchev–Trinajstić information content (AvgIpc) is 3.07. The first-order valence-electron chi connectivity index (χ1n) is 9.66. The molecule has 2 aliphatic heterocycles. The highest BCUT2D eigenvalue weighted by Crippen LogP contribution is 2.30. The maximum atomic E-state index is 14.7. The molecular weight excluding hydrogens is 398 g/mol. The summed E-state index contributed by atoms with van der Waals surface area (Å²) in [6.45, 7) is 4.94. The van der Waals surface area contributed by atoms with Gasteiger partial charge >= 0.3 is 0 Å². The van der Waals surface area contributed by atoms with Crippen molar-refractivity contribution in [2.24, 2.45) is 17.3 Å². The van der Waals surface area contributed by atoms with Gasteiger partial charge in [0, 0.05) is 56.8 Å². The van der Waals surface area contributed by atoms with Gasteiger partial charge in [-0.2, -0.15) is 0 Å². The lowest BCUT2D eigenvalue weighted by atomic mass is 10.2. The first-order valence-corrected chi connectivity index (χ1v) is 9.66. The number of carbonyl (C=O) groups is 1. The van der Waals surface area contributed by atoms with Crippen LogP contribution in [-0.2, 0) is 14.3 Å². The lowest BCUT2D eigenvalue weighted by Gasteiger charge is -2.37. The second-order valence-electron chi connectivity index (χ2n) is 7.70. The molecule has 0 radical (unpaired) electrons. The molecular formula is C19H28F2N6O3. The minimum Gasteiger partial charge on any atom is -0.400 e. The number of anilines is 2. The van der Waals surface area contributed by atoms with E-state index in [4.69, 9.17) is 26.8 Å². The monoisotopic (exact) mass is 426 g/mol. The van der Waals surface area contributed by atoms with Gasteiger partial charge in [0.25, 0.3) is 5.91 Å². The van der Waals surface area contributed by atoms with E-state index in [9.17, 15) is 13.6 Å². The zero-order chi connectivity index (χ0) is 22.1. The SMILES string of the molecule is CC1(C)OCC(C(=O)N2CCN(c3c(F)cc(N(N)/C=C(\N)CN)cc3F)CC2)O1. The number of hydrogen-bond donors (Lipinski definition) is 3. The molecule has 1 unspecified atom stereocenters. The van der Waals surface area contributed by atoms with Crippen LogP contribution in [0.5, 0.6) is 0 Å². The zero-order valence-electron chi connectivity index (χ0n) is 17.1. The molecule has 1 aromatic carbocycles. The number of benzene rings is 1. The molecule has 166 valence electrons. The molecule has 2 heterocycles. The molecule has 0 saturated carbocycles. The maximum absolute atomic E-state index is 14.7. The van der Waals surface area contributed by atoms with Crippen LogP contribution in [-0.4, -0.2) is 62.0 Å². The van der Waals surface area contributed by atoms with Gasteiger partial charge in [-0.05, 0) is 13.8 Å². The summed E-state index contributed by atoms with van der Waals surface area (Å²) in [5, 5.41) is 1.01. The Hall–Kier alpha value is -2.47. The smallest absolute Gasteiger partial charge is 0.254 e. The lowest BCUT2D eigenvalue weighted by molar-refractivity contribution is -0.160. The van der Waals surface area contributed by atoms with Crippen LogP contribution in [0, 0.1) is 11.6 Å². The summed E-state index contributed by atoms with van der Waals surface area (Å²) in [6.07, 6.45) is 0.637. The first-order chi connectivity index (χ1) is 14.1. The minimum atomic E-state index is -0.795. The van der Waals surface area contributed by atoms with Crippen molar-refractivity contribution in [3.8, 4) is 0 Å². The summed E-state index contributed by atoms with van der Waals surface area (Å²) in [5.74, 6) is 3.29. The molecule has 1 atom stereocenters. The number of nitrogens with two attached hydrogens (primary N) is 3. The average molecular weight is 426 g/mol. The van der Waals surface area contributed by atoms with Gasteiger partial charge in [-0.15, -0.1) is 0 Å². The number of halogens is 2. The quantitative estimate of drug-likeness (QED) is 0.451. The van der Waals surface area contributed by atoms with E-state index in [1.807, 2.05) is 0 Å². The van der Waals surface area contributed by atoms with E-state index < -0.39 is 23.5 Å². The molecule has 0 spiro atoms. The third kappa shape index (κ3) is 4.81. The molecule has 30 heavy (non-hydrogen) atoms. The Morgan fingerprint density at radius 1 is 1.27 bits per heavy atom. The molecule has 0 aliphatic carbocycles. The summed E-state index contributed by atoms with van der Waals surface area (Å²) in [7, 11) is 0. The van der Waals surface area contributed by atoms with Crippen molar-refractivity contribution >= 4 is 17.3 Å². The molecule has 1 aromatic rings. The molecule has 2 fully saturated rings. The van der Waals surface area contributed by atoms with Gasteiger partial charge in [0.05, 0.1) is 12.3 Å². The summed E-state index contributed by atoms with van der Waals surface area (Å²) < 4.78 is 40.4. The number of hydrogen-bond acceptors (Lipinski definition) is 8. The predicted octanol–water partition coefficient (Wildman–Crippen LogP) is 0.204. The highest BCUT2D eigenvalue weighted by atomic mass is 19.1. The molecule has 0 bridgehead atoms. The number of amides is 1. The number of rotatable bonds is 5. The van der Waals surface area contributed by atoms with E-state index in [0.29, 0.717) is 13.1 Å². The van der Waals surface area contributed by atoms with Crippen LogP contribution in [0.2, 0.25) is 0 Å². The van der Waals surface area contributed by atoms with Gasteiger partial charge < -0.3 is 30.7 Å². The van der Waals surface area contributed by atoms with Crippen molar-refractivity contribution in [3.05, 3.63) is 35.7 Å². The summed E-state index contributed by atoms with van der Waals surface area (Å²) in [6, 6.07) is 2.25. The van der Waals surface area contributed by atoms with Gasteiger partial charge in [0.15, 0.2) is 23.5 Å². The fraction of sp³-hybridized carbons (Fsp3) is 0.526. The van der Waals surface area contributed by atoms with Crippen LogP contribution in [0.25, 0.3) is 0 Å². The fourth-order valence-electron chi connectivity index (χ4n) is 3.47. The molecule has 3 rings (SSSR count). The lowest BCUT2D eigenvalue weighted by Crippen LogP contribution is -2.52. The number of nitrogens with zero attached hydrogens (tertiary/aromatic N) is 3. The van der Waals surface area contributed by atoms with Gasteiger partial charge in [-0.25, -0.2) is 14.6 Å². The second-order valence-corrected chi connectivity index (χ2v) is 7.70. The van der Waals surface area contributed by atoms with Crippen LogP contribution >= 0.6 is 0 Å². The van der Waals surface area contributed by atoms with Gasteiger partial charge in [0.2, 0.25) is 0 Å². The number of hydrazine groups is 1. The van der Waals surface area contributed by atoms with E-state index in [-0.39, 0.29) is 49.2 Å². The van der Waals surface area contributed by atoms with Gasteiger partial charge in [-0.3, -0.25) is 9.80 Å². The Bertz CT molecular complexity index is 803. The highest BCUT2D eigenvalue weighted by molar-refractivity contribution is 5.81. The fourth-order valence-corrected chi connectivity index (χ4v) is 3.47. The van der Waals surface area contributed by atoms with Crippen molar-refractivity contribution in [2.75, 3.05) is 49.2 Å². The molecule has 9 nitrogen and oxygen atoms in total. The highest BCUT2D eigenvalue weighted by Gasteiger charge is 2.39. The molecule has 2 aliphatic rings. The van der Waals surface area contributed by atoms with E-state index in [1.165, 1.54) is 6.20 Å². The van der Waals surface area contributed by atoms with Crippen LogP contribution in [0.1, 0.15) is 13.8 Å². The van der Waals surface area contributed by atoms with E-state index in [2.05, 4.69) is 0 Å². The second kappa shape index (κ2) is 8.72. The normalized spacial score (nSPS) is 21.8. The van der Waals surface area contributed by atoms with Gasteiger partial charge in [-0.1, -0.05) is 0 Å². The van der Waals surface area contributed by atoms with E-state index >= 15 is 0 Å². The van der Waals surface area contributed by atoms with Crippen molar-refractivity contribution < 1.29 is 23.0 Å². The Labute approximate surface area is 173 Å². The zero-order valence-corrected chi connectivity index (χ0v) is 17.1. The topological polar surface area (TPSA) is 123 Å². The molecule has 11 heteroatoms. The summed E-state index contributed by atoms with van der Waals surface area (Å²) >= 11 is 0. The van der Waals surface area contributed by atoms with E-state index in [0.717, 1.165) is 17.1 Å². The molecule has 1 amide bonds. The largest absolute Gasteiger partial charge is 0.400 e. The van der Waals surface area contributed by atoms with Crippen LogP contribution in [0.3, 0.4) is 0 Å². The Kier molecular flexibility index (Phi) is 6.46. The van der Waals surface area contributed by atoms with Crippen molar-refractivity contribution in [3.63, 3.8) is 0 Å². The molecule has 0 aromatic heterocycles. The van der Waals surface area contributed by atoms with Crippen LogP contribution < -0.4 is 27.2 Å². The Balaban J connectivity index is 1.66. The number of piperazine rings is 1.